The maximum Gasteiger partial charge on any atom is 0.254 e. The van der Waals surface area contributed by atoms with Crippen molar-refractivity contribution in [2.75, 3.05) is 18.8 Å². The summed E-state index contributed by atoms with van der Waals surface area (Å²) in [4.78, 5) is 14.1. The SMILES string of the molecule is CC(F)=CN1CCC[C@@H](n2nc(-c3ccc(Oc4ccc(F)cc4F)cc3)c(C(N)=O)c2N)C1. The first-order chi connectivity index (χ1) is 16.2. The third-order valence-electron chi connectivity index (χ3n) is 5.58. The van der Waals surface area contributed by atoms with Crippen molar-refractivity contribution in [2.24, 2.45) is 5.73 Å². The zero-order chi connectivity index (χ0) is 24.4. The van der Waals surface area contributed by atoms with Gasteiger partial charge in [-0.1, -0.05) is 0 Å². The highest BCUT2D eigenvalue weighted by molar-refractivity contribution is 6.03. The number of hydrogen-bond donors (Lipinski definition) is 2. The number of aromatic nitrogens is 2. The summed E-state index contributed by atoms with van der Waals surface area (Å²) in [5, 5.41) is 4.58. The Morgan fingerprint density at radius 2 is 1.94 bits per heavy atom. The van der Waals surface area contributed by atoms with Crippen LogP contribution in [0.5, 0.6) is 11.5 Å². The van der Waals surface area contributed by atoms with Gasteiger partial charge in [0.15, 0.2) is 11.6 Å². The molecule has 4 N–H and O–H groups in total. The lowest BCUT2D eigenvalue weighted by molar-refractivity contribution is 0.100. The second-order valence-corrected chi connectivity index (χ2v) is 8.13. The van der Waals surface area contributed by atoms with E-state index >= 15 is 0 Å². The highest BCUT2D eigenvalue weighted by atomic mass is 19.1. The summed E-state index contributed by atoms with van der Waals surface area (Å²) >= 11 is 0. The van der Waals surface area contributed by atoms with Crippen molar-refractivity contribution in [1.82, 2.24) is 14.7 Å². The molecule has 0 saturated carbocycles. The number of halogens is 3. The molecule has 34 heavy (non-hydrogen) atoms. The van der Waals surface area contributed by atoms with Gasteiger partial charge < -0.3 is 21.1 Å². The Hall–Kier alpha value is -3.95. The lowest BCUT2D eigenvalue weighted by Crippen LogP contribution is -2.34. The fourth-order valence-electron chi connectivity index (χ4n) is 4.09. The molecule has 7 nitrogen and oxygen atoms in total. The van der Waals surface area contributed by atoms with Crippen LogP contribution in [0.4, 0.5) is 19.0 Å². The summed E-state index contributed by atoms with van der Waals surface area (Å²) in [5.74, 6) is -2.23. The zero-order valence-electron chi connectivity index (χ0n) is 18.5. The number of likely N-dealkylation sites (tertiary alicyclic amines) is 1. The third kappa shape index (κ3) is 4.85. The minimum Gasteiger partial charge on any atom is -0.454 e. The van der Waals surface area contributed by atoms with Crippen LogP contribution < -0.4 is 16.2 Å². The minimum atomic E-state index is -0.828. The van der Waals surface area contributed by atoms with Crippen molar-refractivity contribution in [2.45, 2.75) is 25.8 Å². The van der Waals surface area contributed by atoms with Gasteiger partial charge in [0, 0.05) is 30.9 Å². The summed E-state index contributed by atoms with van der Waals surface area (Å²) in [6.07, 6.45) is 3.01. The number of nitrogen functional groups attached to an aromatic ring is 1. The molecule has 1 atom stereocenters. The van der Waals surface area contributed by atoms with Gasteiger partial charge in [-0.3, -0.25) is 4.79 Å². The Bertz CT molecular complexity index is 1240. The monoisotopic (exact) mass is 471 g/mol. The molecule has 4 rings (SSSR count). The van der Waals surface area contributed by atoms with E-state index < -0.39 is 17.5 Å². The molecule has 178 valence electrons. The van der Waals surface area contributed by atoms with Gasteiger partial charge >= 0.3 is 0 Å². The van der Waals surface area contributed by atoms with E-state index in [1.807, 2.05) is 4.90 Å². The van der Waals surface area contributed by atoms with Crippen molar-refractivity contribution < 1.29 is 22.7 Å². The standard InChI is InChI=1S/C24H24F3N5O2/c1-14(25)12-31-10-2-3-17(13-31)32-23(28)21(24(29)33)22(30-32)15-4-7-18(8-5-15)34-20-9-6-16(26)11-19(20)27/h4-9,11-12,17H,2-3,10,13,28H2,1H3,(H2,29,33)/t17-/m1/s1. The number of piperidine rings is 1. The molecule has 0 spiro atoms. The fourth-order valence-corrected chi connectivity index (χ4v) is 4.09. The molecule has 1 saturated heterocycles. The van der Waals surface area contributed by atoms with Crippen LogP contribution in [0.15, 0.2) is 54.5 Å². The minimum absolute atomic E-state index is 0.0904. The van der Waals surface area contributed by atoms with Crippen LogP contribution in [0, 0.1) is 11.6 Å². The molecular formula is C24H24F3N5O2. The molecule has 0 radical (unpaired) electrons. The molecule has 0 bridgehead atoms. The predicted molar refractivity (Wildman–Crippen MR) is 122 cm³/mol. The normalized spacial score (nSPS) is 16.5. The van der Waals surface area contributed by atoms with Crippen LogP contribution >= 0.6 is 0 Å². The maximum atomic E-state index is 13.9. The molecule has 1 aliphatic heterocycles. The molecule has 1 fully saturated rings. The smallest absolute Gasteiger partial charge is 0.254 e. The summed E-state index contributed by atoms with van der Waals surface area (Å²) in [7, 11) is 0. The van der Waals surface area contributed by atoms with E-state index in [-0.39, 0.29) is 29.0 Å². The Kier molecular flexibility index (Phi) is 6.49. The number of anilines is 1. The quantitative estimate of drug-likeness (QED) is 0.540. The van der Waals surface area contributed by atoms with E-state index in [1.165, 1.54) is 19.2 Å². The number of nitrogens with two attached hydrogens (primary N) is 2. The highest BCUT2D eigenvalue weighted by Crippen LogP contribution is 2.33. The third-order valence-corrected chi connectivity index (χ3v) is 5.58. The number of rotatable bonds is 6. The molecule has 1 amide bonds. The molecule has 1 aromatic heterocycles. The molecule has 10 heteroatoms. The van der Waals surface area contributed by atoms with Crippen molar-refractivity contribution in [3.8, 4) is 22.8 Å². The average Bonchev–Trinajstić information content (AvgIpc) is 3.13. The first-order valence-electron chi connectivity index (χ1n) is 10.7. The van der Waals surface area contributed by atoms with Gasteiger partial charge in [0.1, 0.15) is 34.5 Å². The van der Waals surface area contributed by atoms with Crippen LogP contribution in [0.2, 0.25) is 0 Å². The molecular weight excluding hydrogens is 447 g/mol. The van der Waals surface area contributed by atoms with E-state index in [9.17, 15) is 18.0 Å². The van der Waals surface area contributed by atoms with E-state index in [0.717, 1.165) is 25.0 Å². The summed E-state index contributed by atoms with van der Waals surface area (Å²) < 4.78 is 47.4. The number of ether oxygens (including phenoxy) is 1. The lowest BCUT2D eigenvalue weighted by atomic mass is 10.1. The maximum absolute atomic E-state index is 13.9. The van der Waals surface area contributed by atoms with Crippen LogP contribution in [-0.2, 0) is 0 Å². The number of primary amides is 1. The van der Waals surface area contributed by atoms with Gasteiger partial charge in [-0.05, 0) is 56.2 Å². The molecule has 1 aliphatic rings. The second kappa shape index (κ2) is 9.50. The van der Waals surface area contributed by atoms with Crippen molar-refractivity contribution in [1.29, 1.82) is 0 Å². The van der Waals surface area contributed by atoms with Gasteiger partial charge in [0.2, 0.25) is 0 Å². The first-order valence-corrected chi connectivity index (χ1v) is 10.7. The van der Waals surface area contributed by atoms with Gasteiger partial charge in [-0.15, -0.1) is 0 Å². The predicted octanol–water partition coefficient (Wildman–Crippen LogP) is 4.77. The van der Waals surface area contributed by atoms with E-state index in [0.29, 0.717) is 30.1 Å². The second-order valence-electron chi connectivity index (χ2n) is 8.13. The van der Waals surface area contributed by atoms with Gasteiger partial charge in [-0.2, -0.15) is 5.10 Å². The summed E-state index contributed by atoms with van der Waals surface area (Å²) in [6.45, 7) is 2.58. The lowest BCUT2D eigenvalue weighted by Gasteiger charge is -2.32. The van der Waals surface area contributed by atoms with Crippen LogP contribution in [0.25, 0.3) is 11.3 Å². The average molecular weight is 471 g/mol. The number of benzene rings is 2. The zero-order valence-corrected chi connectivity index (χ0v) is 18.5. The highest BCUT2D eigenvalue weighted by Gasteiger charge is 2.28. The number of allylic oxidation sites excluding steroid dienone is 1. The summed E-state index contributed by atoms with van der Waals surface area (Å²) in [5.41, 5.74) is 12.8. The molecule has 0 aliphatic carbocycles. The van der Waals surface area contributed by atoms with Crippen molar-refractivity contribution >= 4 is 11.7 Å². The Morgan fingerprint density at radius 1 is 1.21 bits per heavy atom. The van der Waals surface area contributed by atoms with Crippen molar-refractivity contribution in [3.63, 3.8) is 0 Å². The topological polar surface area (TPSA) is 99.4 Å². The Morgan fingerprint density at radius 3 is 2.59 bits per heavy atom. The number of carbonyl (C=O) groups excluding carboxylic acids is 1. The number of hydrogen-bond acceptors (Lipinski definition) is 5. The number of carbonyl (C=O) groups is 1. The molecule has 3 aromatic rings. The van der Waals surface area contributed by atoms with Crippen molar-refractivity contribution in [3.05, 3.63) is 71.7 Å². The van der Waals surface area contributed by atoms with Gasteiger partial charge in [0.25, 0.3) is 5.91 Å². The van der Waals surface area contributed by atoms with E-state index in [4.69, 9.17) is 16.2 Å². The van der Waals surface area contributed by atoms with E-state index in [2.05, 4.69) is 5.10 Å². The molecule has 2 heterocycles. The number of amides is 1. The fraction of sp³-hybridized carbons (Fsp3) is 0.250. The largest absolute Gasteiger partial charge is 0.454 e. The first kappa shape index (κ1) is 23.2. The van der Waals surface area contributed by atoms with Crippen LogP contribution in [-0.4, -0.2) is 33.7 Å². The van der Waals surface area contributed by atoms with Gasteiger partial charge in [-0.25, -0.2) is 17.9 Å². The molecule has 2 aromatic carbocycles. The van der Waals surface area contributed by atoms with Gasteiger partial charge in [0.05, 0.1) is 6.04 Å². The van der Waals surface area contributed by atoms with Crippen LogP contribution in [0.3, 0.4) is 0 Å². The number of nitrogens with zero attached hydrogens (tertiary/aromatic N) is 3. The Balaban J connectivity index is 1.62. The summed E-state index contributed by atoms with van der Waals surface area (Å²) in [6, 6.07) is 9.26. The van der Waals surface area contributed by atoms with Crippen LogP contribution in [0.1, 0.15) is 36.2 Å². The van der Waals surface area contributed by atoms with E-state index in [1.54, 1.807) is 28.9 Å². The molecule has 0 unspecified atom stereocenters. The Labute approximate surface area is 194 Å².